The van der Waals surface area contributed by atoms with Gasteiger partial charge in [-0.2, -0.15) is 11.8 Å². The van der Waals surface area contributed by atoms with Crippen molar-refractivity contribution in [1.29, 1.82) is 0 Å². The van der Waals surface area contributed by atoms with Crippen LogP contribution in [-0.4, -0.2) is 35.9 Å². The van der Waals surface area contributed by atoms with Gasteiger partial charge in [-0.25, -0.2) is 0 Å². The third-order valence-corrected chi connectivity index (χ3v) is 4.61. The zero-order valence-electron chi connectivity index (χ0n) is 13.0. The average molecular weight is 320 g/mol. The van der Waals surface area contributed by atoms with E-state index in [2.05, 4.69) is 10.6 Å². The van der Waals surface area contributed by atoms with Crippen LogP contribution in [0.1, 0.15) is 42.5 Å². The number of carbonyl (C=O) groups excluding carboxylic acids is 2. The second-order valence-corrected chi connectivity index (χ2v) is 6.65. The van der Waals surface area contributed by atoms with Crippen molar-refractivity contribution >= 4 is 23.6 Å². The van der Waals surface area contributed by atoms with Gasteiger partial charge in [0.25, 0.3) is 5.91 Å². The van der Waals surface area contributed by atoms with Gasteiger partial charge in [0.2, 0.25) is 5.91 Å². The van der Waals surface area contributed by atoms with Gasteiger partial charge in [-0.15, -0.1) is 0 Å². The molecular formula is C17H24N2O2S. The van der Waals surface area contributed by atoms with Gasteiger partial charge >= 0.3 is 0 Å². The van der Waals surface area contributed by atoms with E-state index in [1.165, 1.54) is 12.8 Å². The summed E-state index contributed by atoms with van der Waals surface area (Å²) in [6, 6.07) is 8.86. The molecule has 0 saturated heterocycles. The number of nitrogens with one attached hydrogen (secondary N) is 2. The Morgan fingerprint density at radius 1 is 1.23 bits per heavy atom. The minimum Gasteiger partial charge on any atom is -0.352 e. The summed E-state index contributed by atoms with van der Waals surface area (Å²) in [6.07, 6.45) is 7.11. The van der Waals surface area contributed by atoms with Crippen LogP contribution in [0.5, 0.6) is 0 Å². The summed E-state index contributed by atoms with van der Waals surface area (Å²) in [5.41, 5.74) is 0.588. The Morgan fingerprint density at radius 2 is 1.91 bits per heavy atom. The highest BCUT2D eigenvalue weighted by molar-refractivity contribution is 7.98. The fraction of sp³-hybridized carbons (Fsp3) is 0.529. The van der Waals surface area contributed by atoms with Crippen LogP contribution in [-0.2, 0) is 4.79 Å². The van der Waals surface area contributed by atoms with E-state index in [9.17, 15) is 9.59 Å². The summed E-state index contributed by atoms with van der Waals surface area (Å²) < 4.78 is 0. The van der Waals surface area contributed by atoms with Gasteiger partial charge in [0.15, 0.2) is 0 Å². The molecule has 1 aliphatic rings. The second-order valence-electron chi connectivity index (χ2n) is 5.66. The highest BCUT2D eigenvalue weighted by Gasteiger charge is 2.24. The molecule has 1 aromatic carbocycles. The van der Waals surface area contributed by atoms with Gasteiger partial charge in [0.1, 0.15) is 6.04 Å². The molecule has 0 unspecified atom stereocenters. The molecule has 5 heteroatoms. The Bertz CT molecular complexity index is 487. The Kier molecular flexibility index (Phi) is 6.77. The number of benzene rings is 1. The first-order valence-corrected chi connectivity index (χ1v) is 9.25. The van der Waals surface area contributed by atoms with Gasteiger partial charge in [-0.05, 0) is 43.4 Å². The SMILES string of the molecule is CSCC[C@H](NC(=O)c1ccccc1)C(=O)NC1CCCC1. The van der Waals surface area contributed by atoms with Crippen LogP contribution < -0.4 is 10.6 Å². The van der Waals surface area contributed by atoms with Gasteiger partial charge in [0.05, 0.1) is 0 Å². The molecule has 22 heavy (non-hydrogen) atoms. The second kappa shape index (κ2) is 8.83. The fourth-order valence-corrected chi connectivity index (χ4v) is 3.18. The number of rotatable bonds is 7. The lowest BCUT2D eigenvalue weighted by Crippen LogP contribution is -2.49. The summed E-state index contributed by atoms with van der Waals surface area (Å²) in [5, 5.41) is 5.96. The fourth-order valence-electron chi connectivity index (χ4n) is 2.71. The molecule has 120 valence electrons. The first kappa shape index (κ1) is 16.9. The lowest BCUT2D eigenvalue weighted by atomic mass is 10.1. The normalized spacial score (nSPS) is 16.2. The number of hydrogen-bond acceptors (Lipinski definition) is 3. The zero-order valence-corrected chi connectivity index (χ0v) is 13.8. The number of carbonyl (C=O) groups is 2. The molecule has 2 rings (SSSR count). The van der Waals surface area contributed by atoms with Gasteiger partial charge < -0.3 is 10.6 Å². The number of amides is 2. The monoisotopic (exact) mass is 320 g/mol. The largest absolute Gasteiger partial charge is 0.352 e. The first-order chi connectivity index (χ1) is 10.7. The lowest BCUT2D eigenvalue weighted by Gasteiger charge is -2.21. The van der Waals surface area contributed by atoms with E-state index >= 15 is 0 Å². The minimum absolute atomic E-state index is 0.0507. The van der Waals surface area contributed by atoms with Crippen molar-refractivity contribution in [3.63, 3.8) is 0 Å². The maximum absolute atomic E-state index is 12.4. The third kappa shape index (κ3) is 5.05. The van der Waals surface area contributed by atoms with Crippen molar-refractivity contribution in [2.24, 2.45) is 0 Å². The summed E-state index contributed by atoms with van der Waals surface area (Å²) >= 11 is 1.68. The van der Waals surface area contributed by atoms with E-state index in [4.69, 9.17) is 0 Å². The molecule has 2 amide bonds. The third-order valence-electron chi connectivity index (χ3n) is 3.97. The maximum Gasteiger partial charge on any atom is 0.251 e. The molecule has 1 atom stereocenters. The Balaban J connectivity index is 1.95. The van der Waals surface area contributed by atoms with Crippen molar-refractivity contribution in [1.82, 2.24) is 10.6 Å². The standard InChI is InChI=1S/C17H24N2O2S/c1-22-12-11-15(17(21)18-14-9-5-6-10-14)19-16(20)13-7-3-2-4-8-13/h2-4,7-8,14-15H,5-6,9-12H2,1H3,(H,18,21)(H,19,20)/t15-/m0/s1. The van der Waals surface area contributed by atoms with Crippen LogP contribution in [0.25, 0.3) is 0 Å². The molecule has 0 spiro atoms. The van der Waals surface area contributed by atoms with E-state index in [0.29, 0.717) is 12.0 Å². The molecule has 1 fully saturated rings. The highest BCUT2D eigenvalue weighted by atomic mass is 32.2. The minimum atomic E-state index is -0.458. The van der Waals surface area contributed by atoms with Crippen LogP contribution in [0.3, 0.4) is 0 Å². The Morgan fingerprint density at radius 3 is 2.55 bits per heavy atom. The number of thioether (sulfide) groups is 1. The van der Waals surface area contributed by atoms with Crippen LogP contribution in [0.4, 0.5) is 0 Å². The van der Waals surface area contributed by atoms with Crippen molar-refractivity contribution < 1.29 is 9.59 Å². The Labute approximate surface area is 136 Å². The summed E-state index contributed by atoms with van der Waals surface area (Å²) in [5.74, 6) is 0.608. The van der Waals surface area contributed by atoms with Crippen molar-refractivity contribution in [2.45, 2.75) is 44.2 Å². The van der Waals surface area contributed by atoms with Crippen LogP contribution in [0, 0.1) is 0 Å². The molecule has 1 aliphatic carbocycles. The van der Waals surface area contributed by atoms with Crippen molar-refractivity contribution in [3.05, 3.63) is 35.9 Å². The molecule has 1 saturated carbocycles. The summed E-state index contributed by atoms with van der Waals surface area (Å²) in [6.45, 7) is 0. The van der Waals surface area contributed by atoms with Crippen molar-refractivity contribution in [3.8, 4) is 0 Å². The van der Waals surface area contributed by atoms with E-state index < -0.39 is 6.04 Å². The molecule has 0 heterocycles. The van der Waals surface area contributed by atoms with E-state index in [1.54, 1.807) is 23.9 Å². The molecule has 0 aromatic heterocycles. The number of hydrogen-bond donors (Lipinski definition) is 2. The summed E-state index contributed by atoms with van der Waals surface area (Å²) in [4.78, 5) is 24.7. The first-order valence-electron chi connectivity index (χ1n) is 7.86. The van der Waals surface area contributed by atoms with Crippen LogP contribution >= 0.6 is 11.8 Å². The lowest BCUT2D eigenvalue weighted by molar-refractivity contribution is -0.123. The van der Waals surface area contributed by atoms with Crippen LogP contribution in [0.2, 0.25) is 0 Å². The zero-order chi connectivity index (χ0) is 15.8. The van der Waals surface area contributed by atoms with Gasteiger partial charge in [-0.3, -0.25) is 9.59 Å². The topological polar surface area (TPSA) is 58.2 Å². The predicted molar refractivity (Wildman–Crippen MR) is 91.1 cm³/mol. The van der Waals surface area contributed by atoms with Crippen molar-refractivity contribution in [2.75, 3.05) is 12.0 Å². The molecule has 0 aliphatic heterocycles. The van der Waals surface area contributed by atoms with Gasteiger partial charge in [0, 0.05) is 11.6 Å². The van der Waals surface area contributed by atoms with E-state index in [-0.39, 0.29) is 17.9 Å². The summed E-state index contributed by atoms with van der Waals surface area (Å²) in [7, 11) is 0. The molecular weight excluding hydrogens is 296 g/mol. The quantitative estimate of drug-likeness (QED) is 0.812. The Hall–Kier alpha value is -1.49. The molecule has 2 N–H and O–H groups in total. The molecule has 1 aromatic rings. The smallest absolute Gasteiger partial charge is 0.251 e. The molecule has 4 nitrogen and oxygen atoms in total. The maximum atomic E-state index is 12.4. The predicted octanol–water partition coefficient (Wildman–Crippen LogP) is 2.60. The van der Waals surface area contributed by atoms with E-state index in [1.807, 2.05) is 24.5 Å². The molecule has 0 radical (unpaired) electrons. The molecule has 0 bridgehead atoms. The highest BCUT2D eigenvalue weighted by Crippen LogP contribution is 2.18. The van der Waals surface area contributed by atoms with Crippen LogP contribution in [0.15, 0.2) is 30.3 Å². The van der Waals surface area contributed by atoms with Gasteiger partial charge in [-0.1, -0.05) is 31.0 Å². The van der Waals surface area contributed by atoms with E-state index in [0.717, 1.165) is 18.6 Å². The average Bonchev–Trinajstić information content (AvgIpc) is 3.04.